The van der Waals surface area contributed by atoms with Gasteiger partial charge >= 0.3 is 0 Å². The van der Waals surface area contributed by atoms with Gasteiger partial charge in [-0.15, -0.1) is 5.10 Å². The predicted molar refractivity (Wildman–Crippen MR) is 116 cm³/mol. The second kappa shape index (κ2) is 7.60. The molecule has 0 bridgehead atoms. The van der Waals surface area contributed by atoms with E-state index in [0.29, 0.717) is 0 Å². The fourth-order valence-corrected chi connectivity index (χ4v) is 3.73. The highest BCUT2D eigenvalue weighted by molar-refractivity contribution is 5.89. The quantitative estimate of drug-likeness (QED) is 0.497. The van der Waals surface area contributed by atoms with Gasteiger partial charge in [-0.3, -0.25) is 5.01 Å². The van der Waals surface area contributed by atoms with Crippen LogP contribution in [0.4, 0.5) is 0 Å². The van der Waals surface area contributed by atoms with Crippen molar-refractivity contribution in [1.82, 2.24) is 15.1 Å². The summed E-state index contributed by atoms with van der Waals surface area (Å²) in [5.74, 6) is 0. The molecule has 4 nitrogen and oxygen atoms in total. The average Bonchev–Trinajstić information content (AvgIpc) is 3.34. The van der Waals surface area contributed by atoms with Crippen LogP contribution >= 0.6 is 0 Å². The zero-order valence-electron chi connectivity index (χ0n) is 15.8. The molecule has 1 aliphatic rings. The maximum Gasteiger partial charge on any atom is 0.0966 e. The van der Waals surface area contributed by atoms with E-state index in [1.165, 1.54) is 16.7 Å². The summed E-state index contributed by atoms with van der Waals surface area (Å²) in [6, 6.07) is 31.4. The normalized spacial score (nSPS) is 16.3. The van der Waals surface area contributed by atoms with Crippen LogP contribution in [0, 0.1) is 0 Å². The first-order chi connectivity index (χ1) is 14.4. The molecule has 1 aromatic heterocycles. The van der Waals surface area contributed by atoms with E-state index in [9.17, 15) is 0 Å². The van der Waals surface area contributed by atoms with Gasteiger partial charge in [-0.25, -0.2) is 0 Å². The third-order valence-corrected chi connectivity index (χ3v) is 5.09. The second-order valence-corrected chi connectivity index (χ2v) is 6.91. The van der Waals surface area contributed by atoms with Crippen molar-refractivity contribution < 1.29 is 0 Å². The predicted octanol–water partition coefficient (Wildman–Crippen LogP) is 5.10. The molecule has 0 amide bonds. The minimum atomic E-state index is -0.0201. The molecule has 0 saturated heterocycles. The zero-order valence-corrected chi connectivity index (χ0v) is 15.8. The highest BCUT2D eigenvalue weighted by Gasteiger charge is 2.28. The van der Waals surface area contributed by atoms with E-state index >= 15 is 0 Å². The van der Waals surface area contributed by atoms with Crippen LogP contribution in [0.1, 0.15) is 22.7 Å². The Hall–Kier alpha value is -3.92. The van der Waals surface area contributed by atoms with Gasteiger partial charge in [0, 0.05) is 0 Å². The van der Waals surface area contributed by atoms with Crippen LogP contribution in [0.5, 0.6) is 0 Å². The van der Waals surface area contributed by atoms with Gasteiger partial charge in [0.1, 0.15) is 0 Å². The lowest BCUT2D eigenvalue weighted by Gasteiger charge is -2.36. The number of rotatable bonds is 4. The van der Waals surface area contributed by atoms with Gasteiger partial charge in [-0.05, 0) is 39.6 Å². The van der Waals surface area contributed by atoms with Crippen molar-refractivity contribution in [2.75, 3.05) is 5.01 Å². The molecule has 0 radical (unpaired) electrons. The summed E-state index contributed by atoms with van der Waals surface area (Å²) in [5.41, 5.74) is 5.78. The van der Waals surface area contributed by atoms with Gasteiger partial charge in [0.25, 0.3) is 0 Å². The summed E-state index contributed by atoms with van der Waals surface area (Å²) in [7, 11) is 0. The minimum Gasteiger partial charge on any atom is -0.252 e. The molecule has 2 heterocycles. The van der Waals surface area contributed by atoms with E-state index in [0.717, 1.165) is 11.3 Å². The van der Waals surface area contributed by atoms with Crippen molar-refractivity contribution in [3.63, 3.8) is 0 Å². The third kappa shape index (κ3) is 3.36. The molecule has 0 saturated carbocycles. The molecule has 29 heavy (non-hydrogen) atoms. The van der Waals surface area contributed by atoms with Gasteiger partial charge in [0.05, 0.1) is 24.1 Å². The first-order valence-electron chi connectivity index (χ1n) is 9.65. The first kappa shape index (κ1) is 17.2. The van der Waals surface area contributed by atoms with Crippen LogP contribution in [-0.2, 0) is 0 Å². The van der Waals surface area contributed by atoms with E-state index in [1.54, 1.807) is 6.20 Å². The van der Waals surface area contributed by atoms with Crippen LogP contribution in [0.15, 0.2) is 116 Å². The largest absolute Gasteiger partial charge is 0.252 e. The number of nitrogens with zero attached hydrogens (tertiary/aromatic N) is 4. The van der Waals surface area contributed by atoms with E-state index in [1.807, 2.05) is 29.2 Å². The Morgan fingerprint density at radius 2 is 1.31 bits per heavy atom. The lowest BCUT2D eigenvalue weighted by molar-refractivity contribution is 0.554. The number of hydrogen-bond acceptors (Lipinski definition) is 3. The van der Waals surface area contributed by atoms with Gasteiger partial charge < -0.3 is 0 Å². The zero-order chi connectivity index (χ0) is 19.5. The lowest BCUT2D eigenvalue weighted by atomic mass is 9.93. The highest BCUT2D eigenvalue weighted by Crippen LogP contribution is 2.37. The van der Waals surface area contributed by atoms with Gasteiger partial charge in [-0.1, -0.05) is 91.0 Å². The Labute approximate surface area is 170 Å². The number of hydrogen-bond donors (Lipinski definition) is 0. The Balaban J connectivity index is 1.73. The van der Waals surface area contributed by atoms with Crippen LogP contribution in [0.2, 0.25) is 0 Å². The van der Waals surface area contributed by atoms with Gasteiger partial charge in [0.15, 0.2) is 0 Å². The van der Waals surface area contributed by atoms with Gasteiger partial charge in [-0.2, -0.15) is 4.79 Å². The molecule has 0 fully saturated rings. The lowest BCUT2D eigenvalue weighted by Crippen LogP contribution is -2.38. The maximum absolute atomic E-state index is 4.31. The molecular weight excluding hydrogens is 356 g/mol. The van der Waals surface area contributed by atoms with E-state index in [4.69, 9.17) is 0 Å². The number of aromatic nitrogens is 3. The third-order valence-electron chi connectivity index (χ3n) is 5.09. The summed E-state index contributed by atoms with van der Waals surface area (Å²) in [5, 5.41) is 10.6. The fourth-order valence-electron chi connectivity index (χ4n) is 3.73. The van der Waals surface area contributed by atoms with E-state index < -0.39 is 0 Å². The molecule has 0 spiro atoms. The summed E-state index contributed by atoms with van der Waals surface area (Å²) in [6.45, 7) is 0. The molecule has 1 unspecified atom stereocenters. The summed E-state index contributed by atoms with van der Waals surface area (Å²) >= 11 is 0. The van der Waals surface area contributed by atoms with Crippen molar-refractivity contribution >= 4 is 11.3 Å². The Morgan fingerprint density at radius 3 is 1.93 bits per heavy atom. The Kier molecular flexibility index (Phi) is 4.51. The van der Waals surface area contributed by atoms with Crippen molar-refractivity contribution in [2.45, 2.75) is 6.04 Å². The molecule has 1 atom stereocenters. The van der Waals surface area contributed by atoms with Crippen LogP contribution in [0.25, 0.3) is 11.3 Å². The average molecular weight is 376 g/mol. The minimum absolute atomic E-state index is 0.0201. The number of benzene rings is 3. The summed E-state index contributed by atoms with van der Waals surface area (Å²) in [4.78, 5) is 1.81. The van der Waals surface area contributed by atoms with Crippen LogP contribution in [-0.4, -0.2) is 15.1 Å². The highest BCUT2D eigenvalue weighted by atomic mass is 15.7. The second-order valence-electron chi connectivity index (χ2n) is 6.91. The Bertz CT molecular complexity index is 1130. The van der Waals surface area contributed by atoms with Crippen molar-refractivity contribution in [3.05, 3.63) is 132 Å². The topological polar surface area (TPSA) is 34.0 Å². The molecular formula is C25H20N4. The monoisotopic (exact) mass is 376 g/mol. The number of allylic oxidation sites excluding steroid dienone is 2. The molecule has 140 valence electrons. The fraction of sp³-hybridized carbons (Fsp3) is 0.0400. The SMILES string of the molecule is C1=C(c2ccccc2)C=C(c2ccccc2)N(n2ccnn2)C1c1ccccc1. The molecule has 4 heteroatoms. The standard InChI is InChI=1S/C25H20N4/c1-4-10-20(11-5-1)23-18-24(21-12-6-2-7-13-21)29(28-17-16-26-27-28)25(19-23)22-14-8-3-9-15-22/h1-19,24H. The van der Waals surface area contributed by atoms with Gasteiger partial charge in [0.2, 0.25) is 0 Å². The summed E-state index contributed by atoms with van der Waals surface area (Å²) < 4.78 is 0. The smallest absolute Gasteiger partial charge is 0.0966 e. The van der Waals surface area contributed by atoms with Crippen molar-refractivity contribution in [2.24, 2.45) is 0 Å². The van der Waals surface area contributed by atoms with Crippen molar-refractivity contribution in [3.8, 4) is 0 Å². The molecule has 5 rings (SSSR count). The maximum atomic E-state index is 4.31. The summed E-state index contributed by atoms with van der Waals surface area (Å²) in [6.07, 6.45) is 8.11. The first-order valence-corrected chi connectivity index (χ1v) is 9.65. The van der Waals surface area contributed by atoms with Crippen LogP contribution < -0.4 is 5.01 Å². The van der Waals surface area contributed by atoms with E-state index in [-0.39, 0.29) is 6.04 Å². The molecule has 0 N–H and O–H groups in total. The van der Waals surface area contributed by atoms with E-state index in [2.05, 4.69) is 100 Å². The Morgan fingerprint density at radius 1 is 0.690 bits per heavy atom. The molecule has 4 aromatic rings. The molecule has 3 aromatic carbocycles. The molecule has 0 aliphatic carbocycles. The van der Waals surface area contributed by atoms with Crippen LogP contribution in [0.3, 0.4) is 0 Å². The molecule has 1 aliphatic heterocycles. The van der Waals surface area contributed by atoms with Crippen molar-refractivity contribution in [1.29, 1.82) is 0 Å².